The van der Waals surface area contributed by atoms with Crippen LogP contribution in [0.4, 0.5) is 5.69 Å². The Balaban J connectivity index is 1.52. The van der Waals surface area contributed by atoms with Crippen LogP contribution in [0.1, 0.15) is 24.9 Å². The highest BCUT2D eigenvalue weighted by Gasteiger charge is 2.62. The van der Waals surface area contributed by atoms with E-state index in [9.17, 15) is 9.59 Å². The van der Waals surface area contributed by atoms with E-state index in [0.717, 1.165) is 30.8 Å². The zero-order valence-electron chi connectivity index (χ0n) is 15.8. The summed E-state index contributed by atoms with van der Waals surface area (Å²) >= 11 is 0. The lowest BCUT2D eigenvalue weighted by Gasteiger charge is -2.29. The number of hydrogen-bond donors (Lipinski definition) is 0. The molecule has 3 atom stereocenters. The molecule has 0 aromatic heterocycles. The van der Waals surface area contributed by atoms with E-state index in [1.165, 1.54) is 4.90 Å². The molecule has 2 aromatic carbocycles. The molecule has 6 heteroatoms. The summed E-state index contributed by atoms with van der Waals surface area (Å²) in [6, 6.07) is 16.8. The molecular weight excluding hydrogens is 354 g/mol. The van der Waals surface area contributed by atoms with Crippen molar-refractivity contribution in [3.8, 4) is 5.75 Å². The Hall–Kier alpha value is -2.70. The number of amides is 2. The van der Waals surface area contributed by atoms with E-state index >= 15 is 0 Å². The van der Waals surface area contributed by atoms with Crippen molar-refractivity contribution in [3.05, 3.63) is 60.2 Å². The predicted octanol–water partition coefficient (Wildman–Crippen LogP) is 2.62. The van der Waals surface area contributed by atoms with Crippen LogP contribution in [0, 0.1) is 5.92 Å². The Bertz CT molecular complexity index is 899. The zero-order valence-corrected chi connectivity index (χ0v) is 15.8. The first-order valence-corrected chi connectivity index (χ1v) is 9.89. The Morgan fingerprint density at radius 3 is 2.25 bits per heavy atom. The van der Waals surface area contributed by atoms with Gasteiger partial charge in [0.2, 0.25) is 5.91 Å². The molecule has 0 spiro atoms. The summed E-state index contributed by atoms with van der Waals surface area (Å²) in [4.78, 5) is 28.1. The number of nitrogens with zero attached hydrogens (tertiary/aromatic N) is 3. The highest BCUT2D eigenvalue weighted by atomic mass is 16.5. The number of hydrogen-bond acceptors (Lipinski definition) is 5. The van der Waals surface area contributed by atoms with E-state index in [1.807, 2.05) is 37.3 Å². The predicted molar refractivity (Wildman–Crippen MR) is 105 cm³/mol. The van der Waals surface area contributed by atoms with Gasteiger partial charge in [0.05, 0.1) is 24.3 Å². The molecular formula is C22H23N3O3. The van der Waals surface area contributed by atoms with Crippen LogP contribution in [-0.4, -0.2) is 47.6 Å². The Morgan fingerprint density at radius 1 is 0.893 bits per heavy atom. The first-order chi connectivity index (χ1) is 13.7. The normalized spacial score (nSPS) is 27.3. The second kappa shape index (κ2) is 6.72. The van der Waals surface area contributed by atoms with Gasteiger partial charge in [-0.05, 0) is 43.2 Å². The Labute approximate surface area is 164 Å². The van der Waals surface area contributed by atoms with Gasteiger partial charge in [-0.2, -0.15) is 0 Å². The summed E-state index contributed by atoms with van der Waals surface area (Å²) in [5.74, 6) is 0.132. The molecule has 5 rings (SSSR count). The molecule has 3 aliphatic rings. The number of carbonyl (C=O) groups excluding carboxylic acids is 2. The van der Waals surface area contributed by atoms with Gasteiger partial charge in [-0.3, -0.25) is 9.59 Å². The Kier molecular flexibility index (Phi) is 4.18. The molecule has 3 heterocycles. The van der Waals surface area contributed by atoms with Crippen molar-refractivity contribution >= 4 is 17.5 Å². The van der Waals surface area contributed by atoms with Crippen molar-refractivity contribution in [1.29, 1.82) is 0 Å². The Morgan fingerprint density at radius 2 is 1.57 bits per heavy atom. The molecule has 6 nitrogen and oxygen atoms in total. The summed E-state index contributed by atoms with van der Waals surface area (Å²) in [6.45, 7) is 4.21. The van der Waals surface area contributed by atoms with Crippen LogP contribution in [0.15, 0.2) is 54.6 Å². The largest absolute Gasteiger partial charge is 0.494 e. The summed E-state index contributed by atoms with van der Waals surface area (Å²) < 4.78 is 5.48. The molecule has 2 aromatic rings. The second-order valence-electron chi connectivity index (χ2n) is 7.44. The summed E-state index contributed by atoms with van der Waals surface area (Å²) in [6.07, 6.45) is 1.01. The van der Waals surface area contributed by atoms with Crippen LogP contribution >= 0.6 is 0 Å². The van der Waals surface area contributed by atoms with Gasteiger partial charge < -0.3 is 4.74 Å². The van der Waals surface area contributed by atoms with Crippen LogP contribution in [0.3, 0.4) is 0 Å². The number of fused-ring (bicyclic) bond motifs is 3. The molecule has 3 saturated heterocycles. The van der Waals surface area contributed by atoms with Gasteiger partial charge in [0.25, 0.3) is 5.91 Å². The maximum absolute atomic E-state index is 13.4. The molecule has 0 aliphatic carbocycles. The van der Waals surface area contributed by atoms with Crippen LogP contribution < -0.4 is 9.64 Å². The van der Waals surface area contributed by atoms with Gasteiger partial charge in [0, 0.05) is 13.1 Å². The molecule has 0 N–H and O–H groups in total. The second-order valence-corrected chi connectivity index (χ2v) is 7.44. The van der Waals surface area contributed by atoms with Gasteiger partial charge in [-0.15, -0.1) is 0 Å². The van der Waals surface area contributed by atoms with Gasteiger partial charge >= 0.3 is 0 Å². The smallest absolute Gasteiger partial charge is 0.253 e. The average Bonchev–Trinajstić information content (AvgIpc) is 3.36. The zero-order chi connectivity index (χ0) is 19.3. The number of imide groups is 1. The minimum Gasteiger partial charge on any atom is -0.494 e. The third-order valence-corrected chi connectivity index (χ3v) is 5.95. The fourth-order valence-corrected chi connectivity index (χ4v) is 4.88. The third-order valence-electron chi connectivity index (χ3n) is 5.95. The van der Waals surface area contributed by atoms with Crippen molar-refractivity contribution in [2.45, 2.75) is 25.4 Å². The molecule has 2 amide bonds. The lowest BCUT2D eigenvalue weighted by molar-refractivity contribution is -0.126. The molecule has 3 fully saturated rings. The fraction of sp³-hybridized carbons (Fsp3) is 0.364. The highest BCUT2D eigenvalue weighted by Crippen LogP contribution is 2.48. The van der Waals surface area contributed by atoms with Crippen LogP contribution in [0.25, 0.3) is 0 Å². The molecule has 0 saturated carbocycles. The first kappa shape index (κ1) is 17.4. The van der Waals surface area contributed by atoms with Crippen LogP contribution in [0.5, 0.6) is 5.75 Å². The van der Waals surface area contributed by atoms with Gasteiger partial charge in [-0.25, -0.2) is 14.9 Å². The number of rotatable bonds is 4. The topological polar surface area (TPSA) is 53.1 Å². The molecule has 0 unspecified atom stereocenters. The number of hydrazine groups is 1. The van der Waals surface area contributed by atoms with Crippen molar-refractivity contribution in [2.24, 2.45) is 5.92 Å². The van der Waals surface area contributed by atoms with E-state index in [1.54, 1.807) is 12.1 Å². The lowest BCUT2D eigenvalue weighted by Crippen LogP contribution is -2.44. The minimum atomic E-state index is -0.410. The van der Waals surface area contributed by atoms with Crippen molar-refractivity contribution in [3.63, 3.8) is 0 Å². The summed E-state index contributed by atoms with van der Waals surface area (Å²) in [5.41, 5.74) is 1.71. The average molecular weight is 377 g/mol. The number of anilines is 1. The van der Waals surface area contributed by atoms with Crippen molar-refractivity contribution in [2.75, 3.05) is 24.6 Å². The molecule has 0 radical (unpaired) electrons. The van der Waals surface area contributed by atoms with Gasteiger partial charge in [0.1, 0.15) is 11.8 Å². The quantitative estimate of drug-likeness (QED) is 0.767. The van der Waals surface area contributed by atoms with E-state index in [-0.39, 0.29) is 23.8 Å². The monoisotopic (exact) mass is 377 g/mol. The fourth-order valence-electron chi connectivity index (χ4n) is 4.88. The number of carbonyl (C=O) groups is 2. The maximum atomic E-state index is 13.4. The lowest BCUT2D eigenvalue weighted by atomic mass is 9.90. The molecule has 144 valence electrons. The van der Waals surface area contributed by atoms with Crippen LogP contribution in [-0.2, 0) is 9.59 Å². The summed E-state index contributed by atoms with van der Waals surface area (Å²) in [7, 11) is 0. The van der Waals surface area contributed by atoms with Crippen LogP contribution in [0.2, 0.25) is 0 Å². The third kappa shape index (κ3) is 2.48. The molecule has 3 aliphatic heterocycles. The van der Waals surface area contributed by atoms with Crippen molar-refractivity contribution in [1.82, 2.24) is 10.0 Å². The standard InChI is InChI=1S/C22H23N3O3/c1-2-28-17-11-9-16(10-12-17)25-21(26)18-19(15-7-4-3-5-8-15)23-13-6-14-24(23)20(18)22(25)27/h3-5,7-12,18-20H,2,6,13-14H2,1H3/t18-,19+,20+/m1/s1. The molecule has 28 heavy (non-hydrogen) atoms. The van der Waals surface area contributed by atoms with E-state index < -0.39 is 6.04 Å². The van der Waals surface area contributed by atoms with E-state index in [4.69, 9.17) is 4.74 Å². The summed E-state index contributed by atoms with van der Waals surface area (Å²) in [5, 5.41) is 4.35. The minimum absolute atomic E-state index is 0.0853. The SMILES string of the molecule is CCOc1ccc(N2C(=O)[C@H]3[C@@H](C2=O)N2CCCN2[C@H]3c2ccccc2)cc1. The first-order valence-electron chi connectivity index (χ1n) is 9.89. The molecule has 0 bridgehead atoms. The van der Waals surface area contributed by atoms with Gasteiger partial charge in [-0.1, -0.05) is 30.3 Å². The van der Waals surface area contributed by atoms with Crippen molar-refractivity contribution < 1.29 is 14.3 Å². The number of benzene rings is 2. The van der Waals surface area contributed by atoms with E-state index in [0.29, 0.717) is 12.3 Å². The highest BCUT2D eigenvalue weighted by molar-refractivity contribution is 6.24. The van der Waals surface area contributed by atoms with E-state index in [2.05, 4.69) is 22.2 Å². The number of ether oxygens (including phenoxy) is 1. The van der Waals surface area contributed by atoms with Gasteiger partial charge in [0.15, 0.2) is 0 Å². The maximum Gasteiger partial charge on any atom is 0.253 e.